The molecule has 2 heterocycles. The molecule has 0 aliphatic carbocycles. The maximum Gasteiger partial charge on any atom is 0.272 e. The highest BCUT2D eigenvalue weighted by Gasteiger charge is 2.22. The maximum atomic E-state index is 12.8. The van der Waals surface area contributed by atoms with E-state index in [-0.39, 0.29) is 5.91 Å². The van der Waals surface area contributed by atoms with Crippen LogP contribution in [0.2, 0.25) is 0 Å². The second-order valence-electron chi connectivity index (χ2n) is 6.00. The van der Waals surface area contributed by atoms with Gasteiger partial charge in [-0.15, -0.1) is 0 Å². The van der Waals surface area contributed by atoms with E-state index in [1.807, 2.05) is 47.4 Å². The fourth-order valence-corrected chi connectivity index (χ4v) is 3.02. The molecule has 1 N–H and O–H groups in total. The van der Waals surface area contributed by atoms with E-state index in [1.54, 1.807) is 12.3 Å². The van der Waals surface area contributed by atoms with Crippen molar-refractivity contribution >= 4 is 17.5 Å². The number of fused-ring (bicyclic) bond motifs is 1. The first-order valence-electron chi connectivity index (χ1n) is 8.31. The molecule has 5 heteroatoms. The van der Waals surface area contributed by atoms with Crippen LogP contribution >= 0.6 is 0 Å². The van der Waals surface area contributed by atoms with Gasteiger partial charge in [0.2, 0.25) is 5.95 Å². The van der Waals surface area contributed by atoms with Gasteiger partial charge in [-0.25, -0.2) is 9.97 Å². The van der Waals surface area contributed by atoms with Crippen LogP contribution in [0.4, 0.5) is 11.6 Å². The first-order valence-corrected chi connectivity index (χ1v) is 8.31. The minimum absolute atomic E-state index is 0.0620. The van der Waals surface area contributed by atoms with Crippen molar-refractivity contribution in [1.82, 2.24) is 14.9 Å². The van der Waals surface area contributed by atoms with Crippen LogP contribution in [0, 0.1) is 0 Å². The zero-order valence-electron chi connectivity index (χ0n) is 13.7. The Bertz CT molecular complexity index is 895. The van der Waals surface area contributed by atoms with Crippen LogP contribution in [-0.2, 0) is 13.0 Å². The number of hydrogen-bond donors (Lipinski definition) is 1. The first kappa shape index (κ1) is 15.3. The molecule has 25 heavy (non-hydrogen) atoms. The summed E-state index contributed by atoms with van der Waals surface area (Å²) in [5.41, 5.74) is 3.83. The van der Waals surface area contributed by atoms with Gasteiger partial charge < -0.3 is 10.2 Å². The quantitative estimate of drug-likeness (QED) is 0.799. The number of nitrogens with zero attached hydrogens (tertiary/aromatic N) is 3. The van der Waals surface area contributed by atoms with Crippen molar-refractivity contribution in [2.24, 2.45) is 0 Å². The van der Waals surface area contributed by atoms with Crippen molar-refractivity contribution in [3.8, 4) is 0 Å². The zero-order valence-corrected chi connectivity index (χ0v) is 13.7. The summed E-state index contributed by atoms with van der Waals surface area (Å²) in [5.74, 6) is 0.363. The van der Waals surface area contributed by atoms with Gasteiger partial charge in [-0.3, -0.25) is 4.79 Å². The molecule has 0 fully saturated rings. The molecule has 1 aliphatic heterocycles. The highest BCUT2D eigenvalue weighted by molar-refractivity contribution is 5.92. The third kappa shape index (κ3) is 3.35. The lowest BCUT2D eigenvalue weighted by Crippen LogP contribution is -2.36. The molecule has 1 aromatic heterocycles. The standard InChI is InChI=1S/C20H18N4O/c25-19(24-13-11-15-6-4-5-7-16(15)14-24)18-10-12-21-20(23-18)22-17-8-2-1-3-9-17/h1-10,12H,11,13-14H2,(H,21,22,23). The molecule has 1 aliphatic rings. The van der Waals surface area contributed by atoms with Gasteiger partial charge in [-0.1, -0.05) is 42.5 Å². The SMILES string of the molecule is O=C(c1ccnc(Nc2ccccc2)n1)N1CCc2ccccc2C1. The average Bonchev–Trinajstić information content (AvgIpc) is 2.68. The van der Waals surface area contributed by atoms with Gasteiger partial charge in [0, 0.05) is 25.0 Å². The van der Waals surface area contributed by atoms with E-state index >= 15 is 0 Å². The Labute approximate surface area is 146 Å². The number of rotatable bonds is 3. The molecule has 3 aromatic rings. The molecule has 2 aromatic carbocycles. The Morgan fingerprint density at radius 2 is 1.72 bits per heavy atom. The van der Waals surface area contributed by atoms with Crippen molar-refractivity contribution in [2.45, 2.75) is 13.0 Å². The van der Waals surface area contributed by atoms with Gasteiger partial charge in [0.1, 0.15) is 5.69 Å². The van der Waals surface area contributed by atoms with Gasteiger partial charge in [-0.2, -0.15) is 0 Å². The third-order valence-electron chi connectivity index (χ3n) is 4.32. The van der Waals surface area contributed by atoms with Gasteiger partial charge >= 0.3 is 0 Å². The molecule has 5 nitrogen and oxygen atoms in total. The summed E-state index contributed by atoms with van der Waals surface area (Å²) in [6.07, 6.45) is 2.49. The number of para-hydroxylation sites is 1. The number of anilines is 2. The second-order valence-corrected chi connectivity index (χ2v) is 6.00. The third-order valence-corrected chi connectivity index (χ3v) is 4.32. The predicted molar refractivity (Wildman–Crippen MR) is 96.6 cm³/mol. The fourth-order valence-electron chi connectivity index (χ4n) is 3.02. The average molecular weight is 330 g/mol. The van der Waals surface area contributed by atoms with Crippen molar-refractivity contribution in [2.75, 3.05) is 11.9 Å². The zero-order chi connectivity index (χ0) is 17.1. The van der Waals surface area contributed by atoms with Crippen LogP contribution in [-0.4, -0.2) is 27.3 Å². The van der Waals surface area contributed by atoms with E-state index < -0.39 is 0 Å². The number of hydrogen-bond acceptors (Lipinski definition) is 4. The van der Waals surface area contributed by atoms with Crippen molar-refractivity contribution < 1.29 is 4.79 Å². The minimum Gasteiger partial charge on any atom is -0.333 e. The van der Waals surface area contributed by atoms with Gasteiger partial charge in [0.15, 0.2) is 0 Å². The molecule has 124 valence electrons. The lowest BCUT2D eigenvalue weighted by Gasteiger charge is -2.28. The van der Waals surface area contributed by atoms with E-state index in [9.17, 15) is 4.79 Å². The molecule has 0 bridgehead atoms. The normalized spacial score (nSPS) is 13.2. The molecule has 1 amide bonds. The highest BCUT2D eigenvalue weighted by atomic mass is 16.2. The smallest absolute Gasteiger partial charge is 0.272 e. The number of nitrogens with one attached hydrogen (secondary N) is 1. The lowest BCUT2D eigenvalue weighted by atomic mass is 10.00. The lowest BCUT2D eigenvalue weighted by molar-refractivity contribution is 0.0728. The van der Waals surface area contributed by atoms with Crippen LogP contribution in [0.1, 0.15) is 21.6 Å². The summed E-state index contributed by atoms with van der Waals surface area (Å²) < 4.78 is 0. The fraction of sp³-hybridized carbons (Fsp3) is 0.150. The number of benzene rings is 2. The minimum atomic E-state index is -0.0620. The first-order chi connectivity index (χ1) is 12.3. The molecule has 0 unspecified atom stereocenters. The number of amides is 1. The van der Waals surface area contributed by atoms with Crippen LogP contribution < -0.4 is 5.32 Å². The Hall–Kier alpha value is -3.21. The molecule has 0 spiro atoms. The Kier molecular flexibility index (Phi) is 4.12. The van der Waals surface area contributed by atoms with E-state index in [0.717, 1.165) is 12.1 Å². The summed E-state index contributed by atoms with van der Waals surface area (Å²) in [5, 5.41) is 3.12. The Morgan fingerprint density at radius 3 is 2.56 bits per heavy atom. The van der Waals surface area contributed by atoms with Gasteiger partial charge in [-0.05, 0) is 35.7 Å². The molecule has 4 rings (SSSR count). The monoisotopic (exact) mass is 330 g/mol. The van der Waals surface area contributed by atoms with E-state index in [0.29, 0.717) is 24.7 Å². The van der Waals surface area contributed by atoms with Crippen molar-refractivity contribution in [3.05, 3.63) is 83.7 Å². The molecule has 0 saturated heterocycles. The predicted octanol–water partition coefficient (Wildman–Crippen LogP) is 3.42. The largest absolute Gasteiger partial charge is 0.333 e. The van der Waals surface area contributed by atoms with E-state index in [1.165, 1.54) is 11.1 Å². The van der Waals surface area contributed by atoms with Crippen LogP contribution in [0.5, 0.6) is 0 Å². The summed E-state index contributed by atoms with van der Waals surface area (Å²) in [6.45, 7) is 1.34. The highest BCUT2D eigenvalue weighted by Crippen LogP contribution is 2.20. The molecule has 0 saturated carbocycles. The molecular formula is C20H18N4O. The molecule has 0 radical (unpaired) electrons. The second kappa shape index (κ2) is 6.73. The number of aromatic nitrogens is 2. The van der Waals surface area contributed by atoms with Gasteiger partial charge in [0.25, 0.3) is 5.91 Å². The van der Waals surface area contributed by atoms with E-state index in [2.05, 4.69) is 27.4 Å². The Morgan fingerprint density at radius 1 is 0.960 bits per heavy atom. The van der Waals surface area contributed by atoms with Crippen molar-refractivity contribution in [3.63, 3.8) is 0 Å². The Balaban J connectivity index is 1.52. The molecular weight excluding hydrogens is 312 g/mol. The maximum absolute atomic E-state index is 12.8. The topological polar surface area (TPSA) is 58.1 Å². The van der Waals surface area contributed by atoms with Crippen molar-refractivity contribution in [1.29, 1.82) is 0 Å². The van der Waals surface area contributed by atoms with Gasteiger partial charge in [0.05, 0.1) is 0 Å². The molecule has 0 atom stereocenters. The van der Waals surface area contributed by atoms with Crippen LogP contribution in [0.25, 0.3) is 0 Å². The number of carbonyl (C=O) groups is 1. The van der Waals surface area contributed by atoms with E-state index in [4.69, 9.17) is 0 Å². The summed E-state index contributed by atoms with van der Waals surface area (Å²) in [7, 11) is 0. The summed E-state index contributed by atoms with van der Waals surface area (Å²) in [4.78, 5) is 23.3. The summed E-state index contributed by atoms with van der Waals surface area (Å²) in [6, 6.07) is 19.6. The summed E-state index contributed by atoms with van der Waals surface area (Å²) >= 11 is 0. The number of carbonyl (C=O) groups excluding carboxylic acids is 1. The van der Waals surface area contributed by atoms with Crippen LogP contribution in [0.3, 0.4) is 0 Å². The van der Waals surface area contributed by atoms with Crippen LogP contribution in [0.15, 0.2) is 66.9 Å².